The van der Waals surface area contributed by atoms with Gasteiger partial charge in [0.2, 0.25) is 23.6 Å². The van der Waals surface area contributed by atoms with Gasteiger partial charge in [0.25, 0.3) is 0 Å². The van der Waals surface area contributed by atoms with Crippen molar-refractivity contribution in [1.82, 2.24) is 20.9 Å². The van der Waals surface area contributed by atoms with Crippen LogP contribution in [0.4, 0.5) is 0 Å². The first-order valence-electron chi connectivity index (χ1n) is 11.7. The second kappa shape index (κ2) is 14.2. The monoisotopic (exact) mass is 534 g/mol. The smallest absolute Gasteiger partial charge is 0.326 e. The van der Waals surface area contributed by atoms with Crippen LogP contribution >= 0.6 is 11.8 Å². The van der Waals surface area contributed by atoms with E-state index in [9.17, 15) is 29.1 Å². The van der Waals surface area contributed by atoms with Crippen molar-refractivity contribution in [2.75, 3.05) is 12.0 Å². The van der Waals surface area contributed by atoms with Gasteiger partial charge < -0.3 is 37.5 Å². The van der Waals surface area contributed by atoms with Crippen molar-refractivity contribution >= 4 is 52.3 Å². The summed E-state index contributed by atoms with van der Waals surface area (Å²) in [5, 5.41) is 17.8. The zero-order chi connectivity index (χ0) is 27.5. The zero-order valence-corrected chi connectivity index (χ0v) is 21.6. The Morgan fingerprint density at radius 3 is 2.32 bits per heavy atom. The van der Waals surface area contributed by atoms with Crippen LogP contribution in [0.5, 0.6) is 0 Å². The number of hydrogen-bond donors (Lipinski definition) is 7. The van der Waals surface area contributed by atoms with Gasteiger partial charge in [0.05, 0.1) is 6.04 Å². The normalized spacial score (nSPS) is 14.2. The lowest BCUT2D eigenvalue weighted by Gasteiger charge is -2.23. The second-order valence-corrected chi connectivity index (χ2v) is 9.63. The molecule has 13 heteroatoms. The third-order valence-electron chi connectivity index (χ3n) is 5.74. The molecule has 2 rings (SSSR count). The van der Waals surface area contributed by atoms with Crippen LogP contribution < -0.4 is 27.4 Å². The number of aromatic nitrogens is 1. The fourth-order valence-corrected chi connectivity index (χ4v) is 4.11. The molecule has 0 radical (unpaired) electrons. The molecule has 0 fully saturated rings. The highest BCUT2D eigenvalue weighted by Crippen LogP contribution is 2.18. The maximum Gasteiger partial charge on any atom is 0.326 e. The number of H-pyrrole nitrogens is 1. The van der Waals surface area contributed by atoms with Crippen LogP contribution in [0.15, 0.2) is 30.5 Å². The van der Waals surface area contributed by atoms with Crippen molar-refractivity contribution in [2.45, 2.75) is 56.8 Å². The fourth-order valence-electron chi connectivity index (χ4n) is 3.63. The van der Waals surface area contributed by atoms with E-state index in [1.807, 2.05) is 30.5 Å². The number of primary amides is 1. The standard InChI is InChI=1S/C24H34N6O6S/c1-13(28-22(33)16(25)11-14-12-27-17-6-4-3-5-15(14)17)21(32)29-18(9-10-37-2)23(34)30-19(24(35)36)7-8-20(26)31/h3-6,12-13,16,18-19,27H,7-11,25H2,1-2H3,(H2,26,31)(H,28,33)(H,29,32)(H,30,34)(H,35,36). The van der Waals surface area contributed by atoms with Gasteiger partial charge in [0.15, 0.2) is 0 Å². The van der Waals surface area contributed by atoms with Crippen molar-refractivity contribution in [2.24, 2.45) is 11.5 Å². The molecule has 0 saturated heterocycles. The molecule has 202 valence electrons. The number of thioether (sulfide) groups is 1. The van der Waals surface area contributed by atoms with E-state index in [-0.39, 0.29) is 25.7 Å². The average molecular weight is 535 g/mol. The third kappa shape index (κ3) is 9.10. The minimum atomic E-state index is -1.34. The number of rotatable bonds is 15. The molecule has 0 saturated carbocycles. The first-order valence-corrected chi connectivity index (χ1v) is 13.1. The number of hydrogen-bond acceptors (Lipinski definition) is 7. The lowest BCUT2D eigenvalue weighted by molar-refractivity contribution is -0.142. The van der Waals surface area contributed by atoms with E-state index in [1.165, 1.54) is 18.7 Å². The van der Waals surface area contributed by atoms with Gasteiger partial charge in [-0.05, 0) is 49.8 Å². The molecule has 2 aromatic rings. The SMILES string of the molecule is CSCCC(NC(=O)C(C)NC(=O)C(N)Cc1c[nH]c2ccccc12)C(=O)NC(CCC(N)=O)C(=O)O. The Bertz CT molecular complexity index is 1120. The first-order chi connectivity index (χ1) is 17.5. The number of nitrogens with two attached hydrogens (primary N) is 2. The van der Waals surface area contributed by atoms with Crippen molar-refractivity contribution in [3.8, 4) is 0 Å². The van der Waals surface area contributed by atoms with Crippen LogP contribution in [0.2, 0.25) is 0 Å². The number of benzene rings is 1. The Labute approximate surface area is 218 Å². The maximum atomic E-state index is 12.8. The van der Waals surface area contributed by atoms with Gasteiger partial charge in [-0.2, -0.15) is 11.8 Å². The summed E-state index contributed by atoms with van der Waals surface area (Å²) in [6.45, 7) is 1.46. The maximum absolute atomic E-state index is 12.8. The Kier molecular flexibility index (Phi) is 11.4. The topological polar surface area (TPSA) is 209 Å². The minimum Gasteiger partial charge on any atom is -0.480 e. The Hall–Kier alpha value is -3.58. The number of amides is 4. The molecule has 0 bridgehead atoms. The number of aromatic amines is 1. The highest BCUT2D eigenvalue weighted by molar-refractivity contribution is 7.98. The summed E-state index contributed by atoms with van der Waals surface area (Å²) in [5.74, 6) is -3.38. The molecule has 1 aromatic carbocycles. The van der Waals surface area contributed by atoms with Crippen LogP contribution in [-0.4, -0.2) is 75.9 Å². The lowest BCUT2D eigenvalue weighted by Crippen LogP contribution is -2.56. The molecule has 0 aliphatic heterocycles. The molecule has 4 amide bonds. The van der Waals surface area contributed by atoms with Crippen molar-refractivity contribution < 1.29 is 29.1 Å². The van der Waals surface area contributed by atoms with Gasteiger partial charge in [-0.3, -0.25) is 19.2 Å². The van der Waals surface area contributed by atoms with E-state index in [0.717, 1.165) is 16.5 Å². The molecule has 0 aliphatic carbocycles. The van der Waals surface area contributed by atoms with Crippen LogP contribution in [0.3, 0.4) is 0 Å². The lowest BCUT2D eigenvalue weighted by atomic mass is 10.0. The van der Waals surface area contributed by atoms with Gasteiger partial charge in [-0.25, -0.2) is 4.79 Å². The number of carboxylic acid groups (broad SMARTS) is 1. The Morgan fingerprint density at radius 1 is 1.00 bits per heavy atom. The van der Waals surface area contributed by atoms with Gasteiger partial charge in [-0.1, -0.05) is 18.2 Å². The van der Waals surface area contributed by atoms with E-state index >= 15 is 0 Å². The van der Waals surface area contributed by atoms with Gasteiger partial charge in [0, 0.05) is 23.5 Å². The number of carbonyl (C=O) groups excluding carboxylic acids is 4. The second-order valence-electron chi connectivity index (χ2n) is 8.65. The van der Waals surface area contributed by atoms with E-state index < -0.39 is 53.8 Å². The van der Waals surface area contributed by atoms with Crippen molar-refractivity contribution in [3.05, 3.63) is 36.0 Å². The number of carbonyl (C=O) groups is 5. The number of nitrogens with one attached hydrogen (secondary N) is 4. The zero-order valence-electron chi connectivity index (χ0n) is 20.8. The summed E-state index contributed by atoms with van der Waals surface area (Å²) in [7, 11) is 0. The minimum absolute atomic E-state index is 0.180. The quantitative estimate of drug-likeness (QED) is 0.160. The number of carboxylic acids is 1. The van der Waals surface area contributed by atoms with Crippen LogP contribution in [-0.2, 0) is 30.4 Å². The molecule has 0 aliphatic rings. The molecule has 9 N–H and O–H groups in total. The predicted molar refractivity (Wildman–Crippen MR) is 141 cm³/mol. The largest absolute Gasteiger partial charge is 0.480 e. The fraction of sp³-hybridized carbons (Fsp3) is 0.458. The van der Waals surface area contributed by atoms with Crippen molar-refractivity contribution in [3.63, 3.8) is 0 Å². The molecule has 4 atom stereocenters. The van der Waals surface area contributed by atoms with E-state index in [0.29, 0.717) is 5.75 Å². The predicted octanol–water partition coefficient (Wildman–Crippen LogP) is -0.385. The number of para-hydroxylation sites is 1. The van der Waals surface area contributed by atoms with Gasteiger partial charge in [-0.15, -0.1) is 0 Å². The molecule has 37 heavy (non-hydrogen) atoms. The molecule has 4 unspecified atom stereocenters. The van der Waals surface area contributed by atoms with Gasteiger partial charge in [0.1, 0.15) is 18.1 Å². The number of fused-ring (bicyclic) bond motifs is 1. The highest BCUT2D eigenvalue weighted by atomic mass is 32.2. The van der Waals surface area contributed by atoms with Crippen molar-refractivity contribution in [1.29, 1.82) is 0 Å². The number of aliphatic carboxylic acids is 1. The summed E-state index contributed by atoms with van der Waals surface area (Å²) in [5.41, 5.74) is 12.9. The molecule has 12 nitrogen and oxygen atoms in total. The van der Waals surface area contributed by atoms with Crippen LogP contribution in [0, 0.1) is 0 Å². The summed E-state index contributed by atoms with van der Waals surface area (Å²) in [6, 6.07) is 3.32. The highest BCUT2D eigenvalue weighted by Gasteiger charge is 2.29. The first kappa shape index (κ1) is 29.6. The summed E-state index contributed by atoms with van der Waals surface area (Å²) < 4.78 is 0. The summed E-state index contributed by atoms with van der Waals surface area (Å²) in [6.07, 6.45) is 3.69. The van der Waals surface area contributed by atoms with Gasteiger partial charge >= 0.3 is 5.97 Å². The molecular weight excluding hydrogens is 500 g/mol. The van der Waals surface area contributed by atoms with E-state index in [2.05, 4.69) is 20.9 Å². The molecule has 0 spiro atoms. The molecule has 1 aromatic heterocycles. The molecular formula is C24H34N6O6S. The van der Waals surface area contributed by atoms with E-state index in [4.69, 9.17) is 11.5 Å². The Balaban J connectivity index is 1.97. The molecule has 1 heterocycles. The summed E-state index contributed by atoms with van der Waals surface area (Å²) in [4.78, 5) is 63.8. The summed E-state index contributed by atoms with van der Waals surface area (Å²) >= 11 is 1.44. The van der Waals surface area contributed by atoms with Crippen LogP contribution in [0.1, 0.15) is 31.7 Å². The average Bonchev–Trinajstić information content (AvgIpc) is 3.26. The Morgan fingerprint density at radius 2 is 1.68 bits per heavy atom. The van der Waals surface area contributed by atoms with Crippen LogP contribution in [0.25, 0.3) is 10.9 Å². The van der Waals surface area contributed by atoms with E-state index in [1.54, 1.807) is 6.20 Å². The third-order valence-corrected chi connectivity index (χ3v) is 6.39.